The lowest BCUT2D eigenvalue weighted by Crippen LogP contribution is -2.30. The second-order valence-corrected chi connectivity index (χ2v) is 8.88. The molecule has 0 spiro atoms. The largest absolute Gasteiger partial charge is 0.488 e. The van der Waals surface area contributed by atoms with E-state index < -0.39 is 10.0 Å². The molecule has 0 saturated carbocycles. The van der Waals surface area contributed by atoms with Crippen LogP contribution in [-0.4, -0.2) is 38.2 Å². The van der Waals surface area contributed by atoms with Crippen LogP contribution < -0.4 is 4.74 Å². The van der Waals surface area contributed by atoms with Gasteiger partial charge in [-0.1, -0.05) is 31.5 Å². The number of ether oxygens (including phenoxy) is 1. The maximum atomic E-state index is 12.5. The summed E-state index contributed by atoms with van der Waals surface area (Å²) in [6.07, 6.45) is 5.08. The van der Waals surface area contributed by atoms with E-state index >= 15 is 0 Å². The zero-order chi connectivity index (χ0) is 21.0. The summed E-state index contributed by atoms with van der Waals surface area (Å²) in [4.78, 5) is 12.6. The summed E-state index contributed by atoms with van der Waals surface area (Å²) in [5.74, 6) is 0.539. The van der Waals surface area contributed by atoms with Gasteiger partial charge in [0, 0.05) is 29.2 Å². The lowest BCUT2D eigenvalue weighted by Gasteiger charge is -2.18. The van der Waals surface area contributed by atoms with Crippen molar-refractivity contribution in [1.82, 2.24) is 4.31 Å². The minimum absolute atomic E-state index is 0.179. The van der Waals surface area contributed by atoms with Gasteiger partial charge in [0.2, 0.25) is 10.0 Å². The van der Waals surface area contributed by atoms with Gasteiger partial charge in [-0.15, -0.1) is 0 Å². The number of fused-ring (bicyclic) bond motifs is 1. The molecule has 0 saturated heterocycles. The Morgan fingerprint density at radius 1 is 1.14 bits per heavy atom. The summed E-state index contributed by atoms with van der Waals surface area (Å²) in [5, 5.41) is 0.615. The predicted octanol–water partition coefficient (Wildman–Crippen LogP) is 4.59. The molecular weight excluding hydrogens is 410 g/mol. The maximum absolute atomic E-state index is 12.5. The number of hydrogen-bond acceptors (Lipinski definition) is 4. The molecule has 152 valence electrons. The Morgan fingerprint density at radius 3 is 2.48 bits per heavy atom. The Morgan fingerprint density at radius 2 is 1.83 bits per heavy atom. The molecule has 5 nitrogen and oxygen atoms in total. The number of nitrogens with zero attached hydrogens (tertiary/aromatic N) is 1. The summed E-state index contributed by atoms with van der Waals surface area (Å²) in [6, 6.07) is 11.4. The van der Waals surface area contributed by atoms with Crippen molar-refractivity contribution in [2.24, 2.45) is 0 Å². The van der Waals surface area contributed by atoms with Gasteiger partial charge in [-0.3, -0.25) is 4.79 Å². The van der Waals surface area contributed by atoms with Crippen molar-refractivity contribution < 1.29 is 17.9 Å². The summed E-state index contributed by atoms with van der Waals surface area (Å²) < 4.78 is 32.1. The minimum Gasteiger partial charge on any atom is -0.488 e. The zero-order valence-corrected chi connectivity index (χ0v) is 17.8. The third-order valence-corrected chi connectivity index (χ3v) is 6.94. The van der Waals surface area contributed by atoms with Crippen LogP contribution in [0.3, 0.4) is 0 Å². The number of hydrogen-bond donors (Lipinski definition) is 0. The van der Waals surface area contributed by atoms with Gasteiger partial charge in [0.15, 0.2) is 5.78 Å². The lowest BCUT2D eigenvalue weighted by molar-refractivity contribution is 0.104. The van der Waals surface area contributed by atoms with Crippen LogP contribution in [0.4, 0.5) is 0 Å². The topological polar surface area (TPSA) is 63.7 Å². The molecule has 0 unspecified atom stereocenters. The van der Waals surface area contributed by atoms with Crippen LogP contribution in [0.1, 0.15) is 29.8 Å². The highest BCUT2D eigenvalue weighted by atomic mass is 35.5. The molecular formula is C22H22ClNO4S. The fourth-order valence-electron chi connectivity index (χ4n) is 3.04. The molecule has 0 aliphatic carbocycles. The van der Waals surface area contributed by atoms with Crippen LogP contribution in [0.25, 0.3) is 6.08 Å². The van der Waals surface area contributed by atoms with Crippen LogP contribution >= 0.6 is 11.6 Å². The molecule has 0 bridgehead atoms. The molecule has 1 aliphatic heterocycles. The number of sulfonamides is 1. The van der Waals surface area contributed by atoms with Crippen molar-refractivity contribution in [3.05, 3.63) is 76.3 Å². The quantitative estimate of drug-likeness (QED) is 0.475. The first-order valence-electron chi connectivity index (χ1n) is 9.30. The number of carbonyl (C=O) groups is 1. The first-order chi connectivity index (χ1) is 13.8. The predicted molar refractivity (Wildman–Crippen MR) is 115 cm³/mol. The molecule has 1 heterocycles. The SMILES string of the molecule is CCN(CC)S(=O)(=O)c1ccc(C(=O)/C=C/C2=Cc3cc(Cl)ccc3OC2)cc1. The number of carbonyl (C=O) groups excluding carboxylic acids is 1. The van der Waals surface area contributed by atoms with E-state index in [1.165, 1.54) is 34.6 Å². The molecule has 2 aromatic carbocycles. The third-order valence-electron chi connectivity index (χ3n) is 4.64. The fourth-order valence-corrected chi connectivity index (χ4v) is 4.68. The summed E-state index contributed by atoms with van der Waals surface area (Å²) in [6.45, 7) is 4.74. The number of halogens is 1. The zero-order valence-electron chi connectivity index (χ0n) is 16.3. The molecule has 29 heavy (non-hydrogen) atoms. The highest BCUT2D eigenvalue weighted by Gasteiger charge is 2.21. The maximum Gasteiger partial charge on any atom is 0.243 e. The van der Waals surface area contributed by atoms with Gasteiger partial charge in [0.05, 0.1) is 4.90 Å². The fraction of sp³-hybridized carbons (Fsp3) is 0.227. The second kappa shape index (κ2) is 8.95. The molecule has 0 amide bonds. The molecule has 0 radical (unpaired) electrons. The number of benzene rings is 2. The van der Waals surface area contributed by atoms with Crippen molar-refractivity contribution in [2.45, 2.75) is 18.7 Å². The summed E-state index contributed by atoms with van der Waals surface area (Å²) in [5.41, 5.74) is 2.12. The van der Waals surface area contributed by atoms with E-state index in [0.717, 1.165) is 16.9 Å². The molecule has 0 fully saturated rings. The number of allylic oxidation sites excluding steroid dienone is 1. The lowest BCUT2D eigenvalue weighted by atomic mass is 10.1. The van der Waals surface area contributed by atoms with Crippen molar-refractivity contribution in [2.75, 3.05) is 19.7 Å². The van der Waals surface area contributed by atoms with E-state index in [2.05, 4.69) is 0 Å². The van der Waals surface area contributed by atoms with E-state index in [-0.39, 0.29) is 10.7 Å². The molecule has 0 atom stereocenters. The van der Waals surface area contributed by atoms with Crippen molar-refractivity contribution in [1.29, 1.82) is 0 Å². The van der Waals surface area contributed by atoms with Crippen LogP contribution in [0.2, 0.25) is 5.02 Å². The molecule has 1 aliphatic rings. The van der Waals surface area contributed by atoms with E-state index in [1.54, 1.807) is 32.1 Å². The number of rotatable bonds is 7. The Labute approximate surface area is 176 Å². The first kappa shape index (κ1) is 21.3. The molecule has 2 aromatic rings. The average molecular weight is 432 g/mol. The van der Waals surface area contributed by atoms with Gasteiger partial charge in [-0.05, 0) is 60.2 Å². The van der Waals surface area contributed by atoms with Gasteiger partial charge < -0.3 is 4.74 Å². The first-order valence-corrected chi connectivity index (χ1v) is 11.1. The van der Waals surface area contributed by atoms with E-state index in [1.807, 2.05) is 12.1 Å². The van der Waals surface area contributed by atoms with Gasteiger partial charge in [0.1, 0.15) is 12.4 Å². The van der Waals surface area contributed by atoms with Crippen molar-refractivity contribution in [3.63, 3.8) is 0 Å². The highest BCUT2D eigenvalue weighted by molar-refractivity contribution is 7.89. The summed E-state index contributed by atoms with van der Waals surface area (Å²) >= 11 is 6.01. The van der Waals surface area contributed by atoms with Crippen LogP contribution in [-0.2, 0) is 10.0 Å². The Kier molecular flexibility index (Phi) is 6.57. The van der Waals surface area contributed by atoms with Crippen molar-refractivity contribution >= 4 is 33.5 Å². The van der Waals surface area contributed by atoms with Gasteiger partial charge in [0.25, 0.3) is 0 Å². The Hall–Kier alpha value is -2.41. The third kappa shape index (κ3) is 4.78. The van der Waals surface area contributed by atoms with Gasteiger partial charge in [-0.2, -0.15) is 4.31 Å². The van der Waals surface area contributed by atoms with E-state index in [9.17, 15) is 13.2 Å². The Bertz CT molecular complexity index is 1070. The van der Waals surface area contributed by atoms with E-state index in [0.29, 0.717) is 30.3 Å². The standard InChI is InChI=1S/C22H22ClNO4S/c1-3-24(4-2)29(26,27)20-9-6-17(7-10-20)21(25)11-5-16-13-18-14-19(23)8-12-22(18)28-15-16/h5-14H,3-4,15H2,1-2H3/b11-5+. The Balaban J connectivity index is 1.75. The van der Waals surface area contributed by atoms with Crippen LogP contribution in [0, 0.1) is 0 Å². The highest BCUT2D eigenvalue weighted by Crippen LogP contribution is 2.29. The molecule has 0 N–H and O–H groups in total. The van der Waals surface area contributed by atoms with E-state index in [4.69, 9.17) is 16.3 Å². The average Bonchev–Trinajstić information content (AvgIpc) is 2.72. The number of ketones is 1. The summed E-state index contributed by atoms with van der Waals surface area (Å²) in [7, 11) is -3.54. The van der Waals surface area contributed by atoms with Crippen LogP contribution in [0.15, 0.2) is 65.1 Å². The molecule has 0 aromatic heterocycles. The minimum atomic E-state index is -3.54. The molecule has 3 rings (SSSR count). The second-order valence-electron chi connectivity index (χ2n) is 6.50. The monoisotopic (exact) mass is 431 g/mol. The van der Waals surface area contributed by atoms with Crippen LogP contribution in [0.5, 0.6) is 5.75 Å². The van der Waals surface area contributed by atoms with Gasteiger partial charge in [-0.25, -0.2) is 8.42 Å². The van der Waals surface area contributed by atoms with Crippen molar-refractivity contribution in [3.8, 4) is 5.75 Å². The van der Waals surface area contributed by atoms with Gasteiger partial charge >= 0.3 is 0 Å². The normalized spacial score (nSPS) is 13.9. The smallest absolute Gasteiger partial charge is 0.243 e. The molecule has 7 heteroatoms.